The molecule has 0 spiro atoms. The maximum Gasteiger partial charge on any atom is 0.272 e. The lowest BCUT2D eigenvalue weighted by molar-refractivity contribution is 0.0819. The standard InChI is InChI=1S/C24H31F2OSi/c1-2-3-4-15-28-16-13-22(14-17-28)20-7-5-19(6-8-20)21-9-11-23(12-10-21)27-18-24(25)26/h5-12,22,24H,2-4,13-18H2,1H3. The van der Waals surface area contributed by atoms with Crippen molar-refractivity contribution >= 4 is 8.80 Å². The average Bonchev–Trinajstić information content (AvgIpc) is 2.73. The van der Waals surface area contributed by atoms with Crippen LogP contribution in [0.15, 0.2) is 48.5 Å². The minimum absolute atomic E-state index is 0.0836. The first-order valence-electron chi connectivity index (χ1n) is 10.6. The number of hydrogen-bond acceptors (Lipinski definition) is 1. The van der Waals surface area contributed by atoms with Gasteiger partial charge in [-0.05, 0) is 47.6 Å². The van der Waals surface area contributed by atoms with Gasteiger partial charge in [-0.2, -0.15) is 0 Å². The molecule has 0 amide bonds. The molecule has 2 aromatic carbocycles. The summed E-state index contributed by atoms with van der Waals surface area (Å²) in [7, 11) is -0.0836. The molecule has 1 nitrogen and oxygen atoms in total. The van der Waals surface area contributed by atoms with Gasteiger partial charge in [0.25, 0.3) is 6.43 Å². The zero-order valence-corrected chi connectivity index (χ0v) is 17.8. The van der Waals surface area contributed by atoms with E-state index < -0.39 is 13.0 Å². The topological polar surface area (TPSA) is 9.23 Å². The Bertz CT molecular complexity index is 692. The van der Waals surface area contributed by atoms with Crippen molar-refractivity contribution in [3.05, 3.63) is 54.1 Å². The molecule has 1 radical (unpaired) electrons. The molecule has 0 atom stereocenters. The molecule has 3 rings (SSSR count). The second kappa shape index (κ2) is 10.8. The van der Waals surface area contributed by atoms with E-state index in [4.69, 9.17) is 4.74 Å². The maximum absolute atomic E-state index is 12.2. The van der Waals surface area contributed by atoms with Gasteiger partial charge in [0, 0.05) is 8.80 Å². The van der Waals surface area contributed by atoms with E-state index in [1.54, 1.807) is 12.1 Å². The van der Waals surface area contributed by atoms with Gasteiger partial charge in [0.05, 0.1) is 0 Å². The highest BCUT2D eigenvalue weighted by molar-refractivity contribution is 6.59. The van der Waals surface area contributed by atoms with E-state index in [9.17, 15) is 8.78 Å². The molecule has 151 valence electrons. The van der Waals surface area contributed by atoms with Crippen LogP contribution >= 0.6 is 0 Å². The summed E-state index contributed by atoms with van der Waals surface area (Å²) in [5.74, 6) is 1.21. The number of unbranched alkanes of at least 4 members (excludes halogenated alkanes) is 2. The van der Waals surface area contributed by atoms with Crippen molar-refractivity contribution in [1.82, 2.24) is 0 Å². The summed E-state index contributed by atoms with van der Waals surface area (Å²) in [4.78, 5) is 0. The molecule has 28 heavy (non-hydrogen) atoms. The molecule has 4 heteroatoms. The summed E-state index contributed by atoms with van der Waals surface area (Å²) in [5, 5.41) is 0. The summed E-state index contributed by atoms with van der Waals surface area (Å²) in [6, 6.07) is 20.8. The third-order valence-electron chi connectivity index (χ3n) is 5.77. The number of hydrogen-bond donors (Lipinski definition) is 0. The van der Waals surface area contributed by atoms with Crippen LogP contribution in [0.2, 0.25) is 18.1 Å². The van der Waals surface area contributed by atoms with Gasteiger partial charge in [-0.1, -0.05) is 80.7 Å². The van der Waals surface area contributed by atoms with Gasteiger partial charge in [-0.25, -0.2) is 8.78 Å². The molecule has 1 aliphatic heterocycles. The third kappa shape index (κ3) is 6.16. The van der Waals surface area contributed by atoms with Crippen LogP contribution in [-0.2, 0) is 0 Å². The molecular weight excluding hydrogens is 370 g/mol. The predicted octanol–water partition coefficient (Wildman–Crippen LogP) is 7.56. The molecule has 0 N–H and O–H groups in total. The van der Waals surface area contributed by atoms with Crippen molar-refractivity contribution in [2.24, 2.45) is 0 Å². The van der Waals surface area contributed by atoms with Crippen molar-refractivity contribution in [2.75, 3.05) is 6.61 Å². The highest BCUT2D eigenvalue weighted by Crippen LogP contribution is 2.36. The zero-order valence-electron chi connectivity index (χ0n) is 16.8. The third-order valence-corrected chi connectivity index (χ3v) is 8.82. The Hall–Kier alpha value is -1.68. The Morgan fingerprint density at radius 2 is 1.54 bits per heavy atom. The average molecular weight is 402 g/mol. The van der Waals surface area contributed by atoms with Crippen LogP contribution in [0, 0.1) is 0 Å². The quantitative estimate of drug-likeness (QED) is 0.311. The van der Waals surface area contributed by atoms with E-state index in [0.29, 0.717) is 5.75 Å². The normalized spacial score (nSPS) is 15.9. The summed E-state index contributed by atoms with van der Waals surface area (Å²) in [6.45, 7) is 1.73. The smallest absolute Gasteiger partial charge is 0.272 e. The zero-order chi connectivity index (χ0) is 19.8. The van der Waals surface area contributed by atoms with Crippen LogP contribution in [0.5, 0.6) is 5.75 Å². The molecule has 0 aromatic heterocycles. The molecule has 1 saturated heterocycles. The SMILES string of the molecule is CCCCC[Si]1CCC(c2ccc(-c3ccc(OCC(F)F)cc3)cc2)CC1. The van der Waals surface area contributed by atoms with Crippen LogP contribution in [0.4, 0.5) is 8.78 Å². The maximum atomic E-state index is 12.2. The monoisotopic (exact) mass is 401 g/mol. The Labute approximate surface area is 169 Å². The second-order valence-corrected chi connectivity index (χ2v) is 10.8. The van der Waals surface area contributed by atoms with Gasteiger partial charge in [0.2, 0.25) is 0 Å². The van der Waals surface area contributed by atoms with E-state index >= 15 is 0 Å². The number of alkyl halides is 2. The fourth-order valence-corrected chi connectivity index (χ4v) is 7.10. The largest absolute Gasteiger partial charge is 0.488 e. The lowest BCUT2D eigenvalue weighted by atomic mass is 9.92. The first-order valence-corrected chi connectivity index (χ1v) is 12.7. The van der Waals surface area contributed by atoms with E-state index in [0.717, 1.165) is 17.0 Å². The van der Waals surface area contributed by atoms with Gasteiger partial charge in [-0.3, -0.25) is 0 Å². The van der Waals surface area contributed by atoms with Crippen molar-refractivity contribution < 1.29 is 13.5 Å². The lowest BCUT2D eigenvalue weighted by Gasteiger charge is -2.28. The van der Waals surface area contributed by atoms with Crippen LogP contribution in [0.25, 0.3) is 11.1 Å². The van der Waals surface area contributed by atoms with E-state index in [1.807, 2.05) is 12.1 Å². The Morgan fingerprint density at radius 1 is 0.929 bits per heavy atom. The molecule has 0 bridgehead atoms. The number of benzene rings is 2. The van der Waals surface area contributed by atoms with Crippen LogP contribution in [0.1, 0.15) is 50.5 Å². The van der Waals surface area contributed by atoms with Crippen molar-refractivity contribution in [3.8, 4) is 16.9 Å². The van der Waals surface area contributed by atoms with Crippen molar-refractivity contribution in [1.29, 1.82) is 0 Å². The fraction of sp³-hybridized carbons (Fsp3) is 0.500. The van der Waals surface area contributed by atoms with Gasteiger partial charge in [0.1, 0.15) is 12.4 Å². The van der Waals surface area contributed by atoms with Crippen molar-refractivity contribution in [2.45, 2.75) is 69.5 Å². The predicted molar refractivity (Wildman–Crippen MR) is 115 cm³/mol. The van der Waals surface area contributed by atoms with Crippen LogP contribution in [-0.4, -0.2) is 21.8 Å². The van der Waals surface area contributed by atoms with E-state index in [2.05, 4.69) is 31.2 Å². The molecule has 1 aliphatic rings. The molecule has 0 saturated carbocycles. The Morgan fingerprint density at radius 3 is 2.11 bits per heavy atom. The Kier molecular flexibility index (Phi) is 8.08. The minimum atomic E-state index is -2.44. The molecule has 1 heterocycles. The summed E-state index contributed by atoms with van der Waals surface area (Å²) in [6.07, 6.45) is 4.44. The molecule has 1 fully saturated rings. The fourth-order valence-electron chi connectivity index (χ4n) is 4.08. The number of ether oxygens (including phenoxy) is 1. The van der Waals surface area contributed by atoms with Gasteiger partial charge < -0.3 is 4.74 Å². The molecule has 0 aliphatic carbocycles. The highest BCUT2D eigenvalue weighted by atomic mass is 28.3. The second-order valence-electron chi connectivity index (χ2n) is 7.83. The lowest BCUT2D eigenvalue weighted by Crippen LogP contribution is -2.20. The van der Waals surface area contributed by atoms with Gasteiger partial charge in [-0.15, -0.1) is 0 Å². The molecule has 0 unspecified atom stereocenters. The highest BCUT2D eigenvalue weighted by Gasteiger charge is 2.23. The van der Waals surface area contributed by atoms with E-state index in [-0.39, 0.29) is 8.80 Å². The summed E-state index contributed by atoms with van der Waals surface area (Å²) < 4.78 is 29.5. The van der Waals surface area contributed by atoms with Crippen molar-refractivity contribution in [3.63, 3.8) is 0 Å². The van der Waals surface area contributed by atoms with Crippen LogP contribution in [0.3, 0.4) is 0 Å². The van der Waals surface area contributed by atoms with Gasteiger partial charge in [0.15, 0.2) is 0 Å². The first kappa shape index (κ1) is 21.0. The van der Waals surface area contributed by atoms with E-state index in [1.165, 1.54) is 55.8 Å². The van der Waals surface area contributed by atoms with Gasteiger partial charge >= 0.3 is 0 Å². The summed E-state index contributed by atoms with van der Waals surface area (Å²) in [5.41, 5.74) is 3.71. The summed E-state index contributed by atoms with van der Waals surface area (Å²) >= 11 is 0. The molecule has 2 aromatic rings. The number of halogens is 2. The number of rotatable bonds is 9. The Balaban J connectivity index is 1.52. The van der Waals surface area contributed by atoms with Crippen LogP contribution < -0.4 is 4.74 Å². The minimum Gasteiger partial charge on any atom is -0.488 e. The molecular formula is C24H31F2OSi. The first-order chi connectivity index (χ1) is 13.7.